The van der Waals surface area contributed by atoms with Gasteiger partial charge in [-0.25, -0.2) is 14.8 Å². The predicted octanol–water partition coefficient (Wildman–Crippen LogP) is 7.59. The number of halogens is 3. The lowest BCUT2D eigenvalue weighted by atomic mass is 9.81. The first-order valence-corrected chi connectivity index (χ1v) is 21.6. The van der Waals surface area contributed by atoms with E-state index >= 15 is 0 Å². The topological polar surface area (TPSA) is 202 Å². The highest BCUT2D eigenvalue weighted by Gasteiger charge is 2.44. The maximum absolute atomic E-state index is 13.4. The van der Waals surface area contributed by atoms with E-state index in [1.165, 1.54) is 23.5 Å². The van der Waals surface area contributed by atoms with E-state index in [9.17, 15) is 47.4 Å². The zero-order chi connectivity index (χ0) is 44.5. The zero-order valence-electron chi connectivity index (χ0n) is 34.3. The number of hydrogen-bond acceptors (Lipinski definition) is 11. The van der Waals surface area contributed by atoms with E-state index < -0.39 is 65.3 Å². The Bertz CT molecular complexity index is 2370. The molecule has 0 radical (unpaired) electrons. The summed E-state index contributed by atoms with van der Waals surface area (Å²) in [6.07, 6.45) is 1.37. The number of pyridine rings is 1. The Labute approximate surface area is 359 Å². The number of piperidine rings is 1. The predicted molar refractivity (Wildman–Crippen MR) is 224 cm³/mol. The standard InChI is InChI=1S/C44H49F3N6O8S/c1-43(2,61)28-21-32-34(22-31(28)50-38(56)30-7-4-8-35(49-30)44(45,46)47)62-39(51-32)26-11-9-25(10-12-26)23-52-19-16-24(17-20-52)15-18-48-29-6-3-5-27-37(29)41(58)53(40(27)57)33(42(59)60)13-14-36(54)55/h3-8,21-22,24-26,33,48,61H,9-20,23H2,1-2H3,(H,50,56)(H,54,55)(H,59,60). The van der Waals surface area contributed by atoms with Crippen molar-refractivity contribution in [3.63, 3.8) is 0 Å². The van der Waals surface area contributed by atoms with Crippen molar-refractivity contribution in [2.45, 2.75) is 95.4 Å². The fraction of sp³-hybridized carbons (Fsp3) is 0.477. The van der Waals surface area contributed by atoms with Crippen LogP contribution in [0.2, 0.25) is 0 Å². The summed E-state index contributed by atoms with van der Waals surface area (Å²) in [7, 11) is 0. The van der Waals surface area contributed by atoms with Gasteiger partial charge < -0.3 is 30.9 Å². The summed E-state index contributed by atoms with van der Waals surface area (Å²) < 4.78 is 40.6. The smallest absolute Gasteiger partial charge is 0.433 e. The Hall–Kier alpha value is -5.46. The number of aromatic nitrogens is 2. The Morgan fingerprint density at radius 3 is 2.27 bits per heavy atom. The number of carboxylic acids is 2. The van der Waals surface area contributed by atoms with Crippen molar-refractivity contribution in [3.8, 4) is 0 Å². The van der Waals surface area contributed by atoms with Crippen LogP contribution in [0, 0.1) is 11.8 Å². The molecule has 3 amide bonds. The van der Waals surface area contributed by atoms with E-state index in [0.717, 1.165) is 86.4 Å². The number of aliphatic hydroxyl groups is 1. The fourth-order valence-electron chi connectivity index (χ4n) is 8.86. The number of carboxylic acid groups (broad SMARTS) is 2. The van der Waals surface area contributed by atoms with Crippen LogP contribution in [0.4, 0.5) is 24.5 Å². The molecule has 2 aliphatic heterocycles. The van der Waals surface area contributed by atoms with Crippen LogP contribution >= 0.6 is 11.3 Å². The lowest BCUT2D eigenvalue weighted by Crippen LogP contribution is -2.45. The number of fused-ring (bicyclic) bond motifs is 2. The number of benzene rings is 2. The SMILES string of the molecule is CC(C)(O)c1cc2nc(C3CCC(CN4CCC(CCNc5cccc6c5C(=O)N(C(CCC(=O)O)C(=O)O)C6=O)CC4)CC3)sc2cc1NC(=O)c1cccc(C(F)(F)F)n1. The number of likely N-dealkylation sites (tertiary alicyclic amines) is 1. The van der Waals surface area contributed by atoms with Crippen molar-refractivity contribution in [1.82, 2.24) is 19.8 Å². The second-order valence-corrected chi connectivity index (χ2v) is 18.1. The maximum atomic E-state index is 13.4. The lowest BCUT2D eigenvalue weighted by molar-refractivity contribution is -0.143. The third kappa shape index (κ3) is 9.92. The number of hydrogen-bond donors (Lipinski definition) is 5. The second kappa shape index (κ2) is 18.1. The Morgan fingerprint density at radius 2 is 1.61 bits per heavy atom. The van der Waals surface area contributed by atoms with Crippen LogP contribution in [0.15, 0.2) is 48.5 Å². The van der Waals surface area contributed by atoms with E-state index in [0.29, 0.717) is 40.0 Å². The van der Waals surface area contributed by atoms with Crippen molar-refractivity contribution in [1.29, 1.82) is 0 Å². The van der Waals surface area contributed by atoms with E-state index in [4.69, 9.17) is 10.1 Å². The molecule has 7 rings (SSSR count). The second-order valence-electron chi connectivity index (χ2n) is 17.0. The van der Waals surface area contributed by atoms with Gasteiger partial charge in [-0.05, 0) is 127 Å². The van der Waals surface area contributed by atoms with Gasteiger partial charge in [0.1, 0.15) is 17.4 Å². The molecule has 14 nitrogen and oxygen atoms in total. The molecule has 62 heavy (non-hydrogen) atoms. The van der Waals surface area contributed by atoms with Gasteiger partial charge >= 0.3 is 18.1 Å². The summed E-state index contributed by atoms with van der Waals surface area (Å²) in [6.45, 7) is 6.67. The van der Waals surface area contributed by atoms with Crippen molar-refractivity contribution >= 4 is 62.6 Å². The number of thiazole rings is 1. The molecule has 1 aliphatic carbocycles. The van der Waals surface area contributed by atoms with Gasteiger partial charge in [0.15, 0.2) is 0 Å². The van der Waals surface area contributed by atoms with E-state index in [1.54, 1.807) is 38.1 Å². The minimum atomic E-state index is -4.70. The molecule has 330 valence electrons. The average Bonchev–Trinajstić information content (AvgIpc) is 3.75. The van der Waals surface area contributed by atoms with Crippen LogP contribution in [-0.2, 0) is 21.4 Å². The molecule has 0 spiro atoms. The number of anilines is 2. The van der Waals surface area contributed by atoms with Crippen molar-refractivity contribution < 1.29 is 52.5 Å². The van der Waals surface area contributed by atoms with Gasteiger partial charge in [0.2, 0.25) is 0 Å². The van der Waals surface area contributed by atoms with Crippen LogP contribution in [0.25, 0.3) is 10.2 Å². The number of aliphatic carboxylic acids is 2. The summed E-state index contributed by atoms with van der Waals surface area (Å²) >= 11 is 1.52. The van der Waals surface area contributed by atoms with Gasteiger partial charge in [-0.1, -0.05) is 12.1 Å². The fourth-order valence-corrected chi connectivity index (χ4v) is 10.0. The first-order valence-electron chi connectivity index (χ1n) is 20.8. The van der Waals surface area contributed by atoms with E-state index in [1.807, 2.05) is 0 Å². The molecule has 2 aromatic heterocycles. The van der Waals surface area contributed by atoms with Crippen LogP contribution in [-0.4, -0.2) is 97.0 Å². The monoisotopic (exact) mass is 878 g/mol. The number of alkyl halides is 3. The minimum Gasteiger partial charge on any atom is -0.481 e. The van der Waals surface area contributed by atoms with Crippen molar-refractivity contribution in [3.05, 3.63) is 81.6 Å². The third-order valence-corrected chi connectivity index (χ3v) is 13.4. The molecule has 1 saturated carbocycles. The molecule has 1 atom stereocenters. The molecule has 1 saturated heterocycles. The highest BCUT2D eigenvalue weighted by molar-refractivity contribution is 7.18. The van der Waals surface area contributed by atoms with Crippen LogP contribution in [0.1, 0.15) is 125 Å². The molecule has 5 N–H and O–H groups in total. The van der Waals surface area contributed by atoms with Crippen molar-refractivity contribution in [2.75, 3.05) is 36.8 Å². The molecule has 0 bridgehead atoms. The normalized spacial score (nSPS) is 19.4. The lowest BCUT2D eigenvalue weighted by Gasteiger charge is -2.36. The van der Waals surface area contributed by atoms with Gasteiger partial charge in [0, 0.05) is 42.4 Å². The highest BCUT2D eigenvalue weighted by Crippen LogP contribution is 2.42. The summed E-state index contributed by atoms with van der Waals surface area (Å²) in [6, 6.07) is 9.81. The molecule has 2 fully saturated rings. The Kier molecular flexibility index (Phi) is 13.0. The minimum absolute atomic E-state index is 0.0982. The quantitative estimate of drug-likeness (QED) is 0.0734. The summed E-state index contributed by atoms with van der Waals surface area (Å²) in [5.74, 6) is -3.69. The first-order chi connectivity index (χ1) is 29.4. The summed E-state index contributed by atoms with van der Waals surface area (Å²) in [4.78, 5) is 74.2. The van der Waals surface area contributed by atoms with Gasteiger partial charge in [-0.15, -0.1) is 11.3 Å². The third-order valence-electron chi connectivity index (χ3n) is 12.2. The number of imide groups is 1. The largest absolute Gasteiger partial charge is 0.481 e. The average molecular weight is 879 g/mol. The van der Waals surface area contributed by atoms with Gasteiger partial charge in [-0.2, -0.15) is 13.2 Å². The van der Waals surface area contributed by atoms with Crippen LogP contribution in [0.5, 0.6) is 0 Å². The summed E-state index contributed by atoms with van der Waals surface area (Å²) in [5.41, 5.74) is -0.949. The summed E-state index contributed by atoms with van der Waals surface area (Å²) in [5, 5.41) is 36.7. The molecule has 18 heteroatoms. The Morgan fingerprint density at radius 1 is 0.903 bits per heavy atom. The van der Waals surface area contributed by atoms with Gasteiger partial charge in [-0.3, -0.25) is 24.1 Å². The molecule has 1 unspecified atom stereocenters. The first kappa shape index (κ1) is 44.6. The Balaban J connectivity index is 0.888. The van der Waals surface area contributed by atoms with Crippen molar-refractivity contribution in [2.24, 2.45) is 11.8 Å². The number of nitrogens with zero attached hydrogens (tertiary/aromatic N) is 4. The van der Waals surface area contributed by atoms with E-state index in [-0.39, 0.29) is 29.2 Å². The van der Waals surface area contributed by atoms with E-state index in [2.05, 4.69) is 20.5 Å². The highest BCUT2D eigenvalue weighted by atomic mass is 32.1. The van der Waals surface area contributed by atoms with Crippen LogP contribution < -0.4 is 10.6 Å². The van der Waals surface area contributed by atoms with Gasteiger partial charge in [0.25, 0.3) is 17.7 Å². The number of amides is 3. The van der Waals surface area contributed by atoms with Gasteiger partial charge in [0.05, 0.1) is 32.0 Å². The molecular formula is C44H49F3N6O8S. The number of carbonyl (C=O) groups is 5. The molecule has 2 aromatic carbocycles. The molecule has 3 aliphatic rings. The molecular weight excluding hydrogens is 830 g/mol. The number of nitrogens with one attached hydrogen (secondary N) is 2. The number of carbonyl (C=O) groups excluding carboxylic acids is 3. The number of rotatable bonds is 15. The maximum Gasteiger partial charge on any atom is 0.433 e. The zero-order valence-corrected chi connectivity index (χ0v) is 35.2. The molecule has 4 aromatic rings. The van der Waals surface area contributed by atoms with Crippen LogP contribution in [0.3, 0.4) is 0 Å². The molecule has 4 heterocycles.